The summed E-state index contributed by atoms with van der Waals surface area (Å²) < 4.78 is 25.8. The van der Waals surface area contributed by atoms with Crippen molar-refractivity contribution in [2.75, 3.05) is 19.5 Å². The summed E-state index contributed by atoms with van der Waals surface area (Å²) in [7, 11) is 3.23. The minimum absolute atomic E-state index is 0.154. The van der Waals surface area contributed by atoms with Crippen molar-refractivity contribution in [3.8, 4) is 17.2 Å². The summed E-state index contributed by atoms with van der Waals surface area (Å²) in [5.41, 5.74) is 2.34. The Morgan fingerprint density at radius 1 is 1.06 bits per heavy atom. The van der Waals surface area contributed by atoms with Gasteiger partial charge in [0.05, 0.1) is 14.2 Å². The van der Waals surface area contributed by atoms with Gasteiger partial charge < -0.3 is 14.8 Å². The summed E-state index contributed by atoms with van der Waals surface area (Å²) in [5.74, 6) is 0.982. The number of rotatable bonds is 8. The molecule has 0 spiro atoms. The van der Waals surface area contributed by atoms with Gasteiger partial charge in [0.2, 0.25) is 0 Å². The molecule has 8 nitrogen and oxygen atoms in total. The van der Waals surface area contributed by atoms with E-state index in [0.717, 1.165) is 29.2 Å². The van der Waals surface area contributed by atoms with Crippen LogP contribution in [-0.4, -0.2) is 40.1 Å². The highest BCUT2D eigenvalue weighted by atomic mass is 19.1. The fourth-order valence-corrected chi connectivity index (χ4v) is 3.24. The van der Waals surface area contributed by atoms with E-state index in [1.165, 1.54) is 23.0 Å². The zero-order valence-electron chi connectivity index (χ0n) is 17.6. The van der Waals surface area contributed by atoms with Crippen molar-refractivity contribution in [2.24, 2.45) is 0 Å². The monoisotopic (exact) mass is 435 g/mol. The van der Waals surface area contributed by atoms with Crippen LogP contribution in [0.2, 0.25) is 0 Å². The molecule has 0 bridgehead atoms. The molecule has 0 aliphatic rings. The molecule has 0 aliphatic heterocycles. The smallest absolute Gasteiger partial charge is 0.277 e. The molecule has 0 unspecified atom stereocenters. The zero-order chi connectivity index (χ0) is 22.5. The summed E-state index contributed by atoms with van der Waals surface area (Å²) in [5, 5.41) is 13.9. The van der Waals surface area contributed by atoms with Crippen molar-refractivity contribution in [3.05, 3.63) is 83.6 Å². The maximum absolute atomic E-state index is 13.9. The van der Waals surface area contributed by atoms with E-state index in [-0.39, 0.29) is 11.4 Å². The van der Waals surface area contributed by atoms with Gasteiger partial charge in [0.25, 0.3) is 5.91 Å². The topological polar surface area (TPSA) is 94.1 Å². The van der Waals surface area contributed by atoms with Gasteiger partial charge in [-0.05, 0) is 48.7 Å². The number of hydrogen-bond donors (Lipinski definition) is 2. The van der Waals surface area contributed by atoms with Crippen molar-refractivity contribution in [1.29, 1.82) is 0 Å². The van der Waals surface area contributed by atoms with Gasteiger partial charge in [-0.3, -0.25) is 9.89 Å². The number of H-pyrrole nitrogens is 1. The first-order valence-corrected chi connectivity index (χ1v) is 9.94. The molecule has 0 fully saturated rings. The molecular weight excluding hydrogens is 413 g/mol. The lowest BCUT2D eigenvalue weighted by Gasteiger charge is -2.07. The lowest BCUT2D eigenvalue weighted by molar-refractivity contribution is 0.102. The van der Waals surface area contributed by atoms with Crippen LogP contribution in [0.4, 0.5) is 10.2 Å². The van der Waals surface area contributed by atoms with E-state index in [1.807, 2.05) is 18.2 Å². The lowest BCUT2D eigenvalue weighted by atomic mass is 10.1. The number of aromatic nitrogens is 4. The number of amides is 1. The number of carbonyl (C=O) groups excluding carboxylic acids is 1. The summed E-state index contributed by atoms with van der Waals surface area (Å²) in [4.78, 5) is 12.5. The second-order valence-corrected chi connectivity index (χ2v) is 7.05. The number of halogens is 1. The van der Waals surface area contributed by atoms with Gasteiger partial charge in [-0.1, -0.05) is 12.1 Å². The van der Waals surface area contributed by atoms with E-state index in [9.17, 15) is 9.18 Å². The highest BCUT2D eigenvalue weighted by molar-refractivity contribution is 6.02. The fraction of sp³-hybridized carbons (Fsp3) is 0.174. The van der Waals surface area contributed by atoms with Crippen molar-refractivity contribution in [3.63, 3.8) is 0 Å². The predicted octanol–water partition coefficient (Wildman–Crippen LogP) is 3.79. The van der Waals surface area contributed by atoms with Crippen LogP contribution in [0.1, 0.15) is 21.7 Å². The fourth-order valence-electron chi connectivity index (χ4n) is 3.24. The first-order chi connectivity index (χ1) is 15.6. The van der Waals surface area contributed by atoms with Crippen molar-refractivity contribution < 1.29 is 18.7 Å². The highest BCUT2D eigenvalue weighted by Gasteiger charge is 2.14. The Morgan fingerprint density at radius 3 is 2.53 bits per heavy atom. The molecule has 0 saturated heterocycles. The summed E-state index contributed by atoms with van der Waals surface area (Å²) in [6.07, 6.45) is 2.95. The molecule has 2 aromatic heterocycles. The van der Waals surface area contributed by atoms with Crippen LogP contribution in [0.3, 0.4) is 0 Å². The van der Waals surface area contributed by atoms with E-state index in [2.05, 4.69) is 20.6 Å². The number of hydrogen-bond acceptors (Lipinski definition) is 5. The highest BCUT2D eigenvalue weighted by Crippen LogP contribution is 2.23. The average molecular weight is 435 g/mol. The number of nitrogens with zero attached hydrogens (tertiary/aromatic N) is 3. The molecule has 4 aromatic rings. The summed E-state index contributed by atoms with van der Waals surface area (Å²) in [6, 6.07) is 15.2. The lowest BCUT2D eigenvalue weighted by Crippen LogP contribution is -2.13. The van der Waals surface area contributed by atoms with Crippen LogP contribution in [0, 0.1) is 5.82 Å². The first-order valence-electron chi connectivity index (χ1n) is 9.94. The predicted molar refractivity (Wildman–Crippen MR) is 117 cm³/mol. The molecule has 164 valence electrons. The van der Waals surface area contributed by atoms with Crippen molar-refractivity contribution in [1.82, 2.24) is 20.0 Å². The van der Waals surface area contributed by atoms with E-state index < -0.39 is 11.7 Å². The van der Waals surface area contributed by atoms with Crippen LogP contribution in [0.5, 0.6) is 11.5 Å². The maximum atomic E-state index is 13.9. The van der Waals surface area contributed by atoms with Gasteiger partial charge in [0.1, 0.15) is 23.0 Å². The van der Waals surface area contributed by atoms with Gasteiger partial charge in [-0.25, -0.2) is 9.07 Å². The van der Waals surface area contributed by atoms with Crippen LogP contribution >= 0.6 is 0 Å². The molecule has 2 N–H and O–H groups in total. The van der Waals surface area contributed by atoms with Gasteiger partial charge in [-0.2, -0.15) is 10.2 Å². The molecule has 2 aromatic carbocycles. The van der Waals surface area contributed by atoms with Gasteiger partial charge in [0, 0.05) is 24.0 Å². The number of para-hydroxylation sites is 1. The van der Waals surface area contributed by atoms with Gasteiger partial charge in [-0.15, -0.1) is 0 Å². The number of aromatic amines is 1. The summed E-state index contributed by atoms with van der Waals surface area (Å²) in [6.45, 7) is 0. The second kappa shape index (κ2) is 9.34. The molecule has 0 atom stereocenters. The number of benzene rings is 2. The van der Waals surface area contributed by atoms with E-state index in [0.29, 0.717) is 12.2 Å². The number of carbonyl (C=O) groups is 1. The molecule has 4 rings (SSSR count). The molecule has 32 heavy (non-hydrogen) atoms. The van der Waals surface area contributed by atoms with E-state index in [4.69, 9.17) is 9.47 Å². The second-order valence-electron chi connectivity index (χ2n) is 7.05. The minimum Gasteiger partial charge on any atom is -0.497 e. The van der Waals surface area contributed by atoms with Crippen LogP contribution in [0.15, 0.2) is 60.8 Å². The Balaban J connectivity index is 1.38. The molecule has 1 amide bonds. The zero-order valence-corrected chi connectivity index (χ0v) is 17.6. The summed E-state index contributed by atoms with van der Waals surface area (Å²) >= 11 is 0. The number of aryl methyl sites for hydroxylation is 2. The minimum atomic E-state index is -0.435. The number of nitrogens with one attached hydrogen (secondary N) is 2. The Morgan fingerprint density at radius 2 is 1.81 bits per heavy atom. The Bertz CT molecular complexity index is 1210. The SMILES string of the molecule is COc1cc(CCc2cc(NC(=O)c3ccn(-c4ccccc4F)n3)n[nH]2)cc(OC)c1. The third-order valence-electron chi connectivity index (χ3n) is 4.89. The normalized spacial score (nSPS) is 10.7. The number of anilines is 1. The molecule has 9 heteroatoms. The quantitative estimate of drug-likeness (QED) is 0.439. The Labute approximate surface area is 184 Å². The number of methoxy groups -OCH3 is 2. The van der Waals surface area contributed by atoms with Crippen LogP contribution in [0.25, 0.3) is 5.69 Å². The molecule has 2 heterocycles. The first kappa shape index (κ1) is 21.1. The van der Waals surface area contributed by atoms with Crippen LogP contribution < -0.4 is 14.8 Å². The Kier molecular flexibility index (Phi) is 6.16. The molecule has 0 aliphatic carbocycles. The molecule has 0 radical (unpaired) electrons. The van der Waals surface area contributed by atoms with Crippen molar-refractivity contribution >= 4 is 11.7 Å². The molecule has 0 saturated carbocycles. The molecular formula is C23H22FN5O3. The van der Waals surface area contributed by atoms with E-state index in [1.54, 1.807) is 38.5 Å². The largest absolute Gasteiger partial charge is 0.497 e. The standard InChI is InChI=1S/C23H22FN5O3/c1-31-17-11-15(12-18(14-17)32-2)7-8-16-13-22(27-26-16)25-23(30)20-9-10-29(28-20)21-6-4-3-5-19(21)24/h3-6,9-14H,7-8H2,1-2H3,(H2,25,26,27,30). The van der Waals surface area contributed by atoms with Crippen LogP contribution in [-0.2, 0) is 12.8 Å². The Hall–Kier alpha value is -4.14. The van der Waals surface area contributed by atoms with Gasteiger partial charge in [0.15, 0.2) is 11.5 Å². The third kappa shape index (κ3) is 4.77. The van der Waals surface area contributed by atoms with Crippen molar-refractivity contribution in [2.45, 2.75) is 12.8 Å². The third-order valence-corrected chi connectivity index (χ3v) is 4.89. The maximum Gasteiger partial charge on any atom is 0.277 e. The van der Waals surface area contributed by atoms with E-state index >= 15 is 0 Å². The van der Waals surface area contributed by atoms with Gasteiger partial charge >= 0.3 is 0 Å². The average Bonchev–Trinajstić information content (AvgIpc) is 3.47. The number of ether oxygens (including phenoxy) is 2.